The van der Waals surface area contributed by atoms with Crippen LogP contribution in [-0.4, -0.2) is 38.8 Å². The summed E-state index contributed by atoms with van der Waals surface area (Å²) < 4.78 is 1.97. The van der Waals surface area contributed by atoms with Gasteiger partial charge < -0.3 is 10.2 Å². The molecule has 1 aliphatic heterocycles. The van der Waals surface area contributed by atoms with E-state index < -0.39 is 0 Å². The highest BCUT2D eigenvalue weighted by Gasteiger charge is 2.28. The van der Waals surface area contributed by atoms with Gasteiger partial charge in [0.25, 0.3) is 0 Å². The summed E-state index contributed by atoms with van der Waals surface area (Å²) in [5, 5.41) is 7.44. The van der Waals surface area contributed by atoms with E-state index in [1.165, 1.54) is 0 Å². The van der Waals surface area contributed by atoms with Crippen LogP contribution in [0.5, 0.6) is 0 Å². The van der Waals surface area contributed by atoms with Crippen molar-refractivity contribution < 1.29 is 4.79 Å². The van der Waals surface area contributed by atoms with Crippen LogP contribution in [0, 0.1) is 13.8 Å². The number of pyridine rings is 1. The molecule has 0 aromatic carbocycles. The van der Waals surface area contributed by atoms with Gasteiger partial charge in [0, 0.05) is 31.7 Å². The zero-order chi connectivity index (χ0) is 16.4. The molecule has 2 aromatic heterocycles. The van der Waals surface area contributed by atoms with Crippen molar-refractivity contribution in [1.29, 1.82) is 0 Å². The second-order valence-corrected chi connectivity index (χ2v) is 6.29. The van der Waals surface area contributed by atoms with E-state index in [-0.39, 0.29) is 18.1 Å². The summed E-state index contributed by atoms with van der Waals surface area (Å²) in [6, 6.07) is 2.16. The van der Waals surface area contributed by atoms with Crippen LogP contribution >= 0.6 is 0 Å². The van der Waals surface area contributed by atoms with Crippen LogP contribution in [0.2, 0.25) is 0 Å². The Labute approximate surface area is 136 Å². The zero-order valence-electron chi connectivity index (χ0n) is 13.9. The Morgan fingerprint density at radius 1 is 1.39 bits per heavy atom. The second-order valence-electron chi connectivity index (χ2n) is 6.29. The fourth-order valence-electron chi connectivity index (χ4n) is 3.06. The topological polar surface area (TPSA) is 63.1 Å². The summed E-state index contributed by atoms with van der Waals surface area (Å²) in [6.07, 6.45) is 8.42. The van der Waals surface area contributed by atoms with Gasteiger partial charge in [0.2, 0.25) is 0 Å². The number of likely N-dealkylation sites (tertiary alicyclic amines) is 1. The van der Waals surface area contributed by atoms with Crippen LogP contribution in [0.15, 0.2) is 30.9 Å². The lowest BCUT2D eigenvalue weighted by molar-refractivity contribution is 0.203. The molecule has 6 heteroatoms. The molecule has 0 saturated carbocycles. The molecule has 0 spiro atoms. The molecular weight excluding hydrogens is 290 g/mol. The van der Waals surface area contributed by atoms with Crippen molar-refractivity contribution >= 4 is 6.03 Å². The molecule has 3 rings (SSSR count). The predicted octanol–water partition coefficient (Wildman–Crippen LogP) is 2.61. The van der Waals surface area contributed by atoms with Gasteiger partial charge in [-0.15, -0.1) is 0 Å². The number of nitrogens with one attached hydrogen (secondary N) is 1. The highest BCUT2D eigenvalue weighted by atomic mass is 16.2. The Hall–Kier alpha value is -2.37. The molecule has 6 nitrogen and oxygen atoms in total. The molecule has 1 fully saturated rings. The molecular formula is C17H23N5O. The third-order valence-corrected chi connectivity index (χ3v) is 4.44. The van der Waals surface area contributed by atoms with Crippen molar-refractivity contribution in [2.75, 3.05) is 13.1 Å². The van der Waals surface area contributed by atoms with E-state index >= 15 is 0 Å². The molecule has 122 valence electrons. The van der Waals surface area contributed by atoms with Gasteiger partial charge in [-0.1, -0.05) is 0 Å². The number of urea groups is 1. The maximum atomic E-state index is 12.5. The summed E-state index contributed by atoms with van der Waals surface area (Å²) in [5.74, 6) is 0. The fourth-order valence-corrected chi connectivity index (χ4v) is 3.06. The van der Waals surface area contributed by atoms with Crippen molar-refractivity contribution in [3.63, 3.8) is 0 Å². The van der Waals surface area contributed by atoms with Crippen LogP contribution in [-0.2, 0) is 0 Å². The molecule has 0 bridgehead atoms. The quantitative estimate of drug-likeness (QED) is 0.947. The van der Waals surface area contributed by atoms with Crippen LogP contribution in [0.4, 0.5) is 4.79 Å². The smallest absolute Gasteiger partial charge is 0.317 e. The van der Waals surface area contributed by atoms with E-state index in [4.69, 9.17) is 0 Å². The third kappa shape index (κ3) is 3.36. The van der Waals surface area contributed by atoms with Gasteiger partial charge in [0.15, 0.2) is 0 Å². The van der Waals surface area contributed by atoms with E-state index in [9.17, 15) is 4.79 Å². The molecule has 1 saturated heterocycles. The number of amides is 2. The molecule has 2 unspecified atom stereocenters. The Morgan fingerprint density at radius 2 is 2.22 bits per heavy atom. The van der Waals surface area contributed by atoms with Crippen molar-refractivity contribution in [3.8, 4) is 0 Å². The maximum absolute atomic E-state index is 12.5. The first-order valence-corrected chi connectivity index (χ1v) is 8.01. The first kappa shape index (κ1) is 15.5. The molecule has 2 aromatic rings. The highest BCUT2D eigenvalue weighted by Crippen LogP contribution is 2.22. The minimum absolute atomic E-state index is 0.0212. The number of carbonyl (C=O) groups excluding carboxylic acids is 1. The lowest BCUT2D eigenvalue weighted by atomic mass is 10.1. The van der Waals surface area contributed by atoms with Gasteiger partial charge in [0.1, 0.15) is 0 Å². The molecule has 0 aliphatic carbocycles. The monoisotopic (exact) mass is 313 g/mol. The highest BCUT2D eigenvalue weighted by molar-refractivity contribution is 5.75. The molecule has 3 heterocycles. The first-order chi connectivity index (χ1) is 11.0. The average molecular weight is 313 g/mol. The Balaban J connectivity index is 1.60. The summed E-state index contributed by atoms with van der Waals surface area (Å²) in [6.45, 7) is 7.51. The summed E-state index contributed by atoms with van der Waals surface area (Å²) in [5.41, 5.74) is 3.34. The number of rotatable bonds is 3. The predicted molar refractivity (Wildman–Crippen MR) is 88.1 cm³/mol. The van der Waals surface area contributed by atoms with Crippen LogP contribution in [0.25, 0.3) is 0 Å². The van der Waals surface area contributed by atoms with E-state index in [2.05, 4.69) is 15.4 Å². The Kier molecular flexibility index (Phi) is 4.32. The van der Waals surface area contributed by atoms with Gasteiger partial charge in [-0.3, -0.25) is 9.67 Å². The van der Waals surface area contributed by atoms with Crippen molar-refractivity contribution in [3.05, 3.63) is 47.5 Å². The Morgan fingerprint density at radius 3 is 2.91 bits per heavy atom. The van der Waals surface area contributed by atoms with Gasteiger partial charge in [-0.05, 0) is 49.9 Å². The minimum Gasteiger partial charge on any atom is -0.331 e. The summed E-state index contributed by atoms with van der Waals surface area (Å²) in [4.78, 5) is 18.5. The second kappa shape index (κ2) is 6.40. The average Bonchev–Trinajstić information content (AvgIpc) is 3.16. The number of hydrogen-bond acceptors (Lipinski definition) is 3. The van der Waals surface area contributed by atoms with Crippen molar-refractivity contribution in [2.24, 2.45) is 0 Å². The number of aromatic nitrogens is 3. The van der Waals surface area contributed by atoms with Gasteiger partial charge in [-0.2, -0.15) is 5.10 Å². The largest absolute Gasteiger partial charge is 0.331 e. The van der Waals surface area contributed by atoms with Crippen LogP contribution in [0.3, 0.4) is 0 Å². The van der Waals surface area contributed by atoms with Crippen LogP contribution in [0.1, 0.15) is 42.1 Å². The summed E-state index contributed by atoms with van der Waals surface area (Å²) >= 11 is 0. The van der Waals surface area contributed by atoms with E-state index in [1.54, 1.807) is 6.20 Å². The standard InChI is InChI=1S/C17H23N5O/c1-12-8-19-22(10-12)15-5-7-21(11-15)17(23)20-14(3)16-9-18-6-4-13(16)2/h4,6,8-10,14-15H,5,7,11H2,1-3H3,(H,20,23). The number of aryl methyl sites for hydroxylation is 2. The lowest BCUT2D eigenvalue weighted by Crippen LogP contribution is -2.40. The van der Waals surface area contributed by atoms with E-state index in [1.807, 2.05) is 55.0 Å². The molecule has 1 N–H and O–H groups in total. The van der Waals surface area contributed by atoms with Crippen molar-refractivity contribution in [2.45, 2.75) is 39.3 Å². The van der Waals surface area contributed by atoms with Crippen molar-refractivity contribution in [1.82, 2.24) is 25.0 Å². The van der Waals surface area contributed by atoms with Gasteiger partial charge in [-0.25, -0.2) is 4.79 Å². The Bertz CT molecular complexity index is 696. The van der Waals surface area contributed by atoms with Gasteiger partial charge in [0.05, 0.1) is 18.3 Å². The minimum atomic E-state index is -0.0535. The van der Waals surface area contributed by atoms with Crippen LogP contribution < -0.4 is 5.32 Å². The first-order valence-electron chi connectivity index (χ1n) is 8.01. The zero-order valence-corrected chi connectivity index (χ0v) is 13.9. The van der Waals surface area contributed by atoms with E-state index in [0.29, 0.717) is 6.54 Å². The maximum Gasteiger partial charge on any atom is 0.317 e. The van der Waals surface area contributed by atoms with E-state index in [0.717, 1.165) is 29.7 Å². The molecule has 0 radical (unpaired) electrons. The molecule has 2 atom stereocenters. The molecule has 23 heavy (non-hydrogen) atoms. The molecule has 2 amide bonds. The van der Waals surface area contributed by atoms with Gasteiger partial charge >= 0.3 is 6.03 Å². The lowest BCUT2D eigenvalue weighted by Gasteiger charge is -2.22. The normalized spacial score (nSPS) is 18.9. The number of carbonyl (C=O) groups is 1. The number of nitrogens with zero attached hydrogens (tertiary/aromatic N) is 4. The number of hydrogen-bond donors (Lipinski definition) is 1. The SMILES string of the molecule is Cc1cnn(C2CCN(C(=O)NC(C)c3cnccc3C)C2)c1. The third-order valence-electron chi connectivity index (χ3n) is 4.44. The fraction of sp³-hybridized carbons (Fsp3) is 0.471. The summed E-state index contributed by atoms with van der Waals surface area (Å²) in [7, 11) is 0. The molecule has 1 aliphatic rings.